The zero-order chi connectivity index (χ0) is 28.1. The third-order valence-corrected chi connectivity index (χ3v) is 5.49. The van der Waals surface area contributed by atoms with Gasteiger partial charge in [-0.2, -0.15) is 0 Å². The molecule has 0 radical (unpaired) electrons. The van der Waals surface area contributed by atoms with E-state index in [0.29, 0.717) is 23.1 Å². The molecule has 3 N–H and O–H groups in total. The summed E-state index contributed by atoms with van der Waals surface area (Å²) in [4.78, 5) is 13.4. The number of benzene rings is 1. The number of nitrogen functional groups attached to an aromatic ring is 1. The Balaban J connectivity index is 0.00000163. The molecule has 0 spiro atoms. The van der Waals surface area contributed by atoms with Crippen LogP contribution in [0, 0.1) is 0 Å². The van der Waals surface area contributed by atoms with E-state index >= 15 is 0 Å². The fourth-order valence-electron chi connectivity index (χ4n) is 3.68. The van der Waals surface area contributed by atoms with Gasteiger partial charge < -0.3 is 30.2 Å². The molecule has 2 heterocycles. The van der Waals surface area contributed by atoms with Crippen LogP contribution < -0.4 is 20.7 Å². The lowest BCUT2D eigenvalue weighted by Crippen LogP contribution is -2.29. The van der Waals surface area contributed by atoms with Gasteiger partial charge in [0.25, 0.3) is 0 Å². The summed E-state index contributed by atoms with van der Waals surface area (Å²) in [6.45, 7) is 17.6. The molecule has 0 aliphatic heterocycles. The van der Waals surface area contributed by atoms with E-state index in [0.717, 1.165) is 41.3 Å². The van der Waals surface area contributed by atoms with Crippen molar-refractivity contribution in [3.8, 4) is 17.0 Å². The Labute approximate surface area is 223 Å². The van der Waals surface area contributed by atoms with Crippen LogP contribution in [0.25, 0.3) is 23.4 Å². The van der Waals surface area contributed by atoms with E-state index in [1.807, 2.05) is 97.0 Å². The fraction of sp³-hybridized carbons (Fsp3) is 0.379. The Bertz CT molecular complexity index is 1150. The van der Waals surface area contributed by atoms with E-state index in [1.54, 1.807) is 13.3 Å². The summed E-state index contributed by atoms with van der Waals surface area (Å²) in [6.07, 6.45) is 7.36. The van der Waals surface area contributed by atoms with Crippen molar-refractivity contribution in [2.24, 2.45) is 7.05 Å². The highest BCUT2D eigenvalue weighted by Crippen LogP contribution is 2.36. The van der Waals surface area contributed by atoms with E-state index in [9.17, 15) is 0 Å². The van der Waals surface area contributed by atoms with Gasteiger partial charge in [0.05, 0.1) is 29.9 Å². The number of nitrogens with one attached hydrogen (secondary N) is 1. The molecule has 8 nitrogen and oxygen atoms in total. The SMILES string of the molecule is C=Cc1c(-c2ccnc(Nc3cc(N)c(N(C)CCN(C)C)cc3OC)n2)cn(C)c1C=C.CC.CC. The van der Waals surface area contributed by atoms with Crippen molar-refractivity contribution >= 4 is 35.2 Å². The molecule has 3 aromatic rings. The maximum atomic E-state index is 6.38. The molecular weight excluding hydrogens is 462 g/mol. The number of rotatable bonds is 10. The van der Waals surface area contributed by atoms with Crippen LogP contribution in [-0.2, 0) is 7.05 Å². The standard InChI is InChI=1S/C25H33N7O.2C2H6/c1-8-17-18(16-32(6)22(17)9-2)20-10-11-27-25(28-20)29-21-14-19(26)23(15-24(21)33-7)31(5)13-12-30(3)4;2*1-2/h8-11,14-16H,1-2,12-13,26H2,3-7H3,(H,27,28,29);2*1-2H3. The van der Waals surface area contributed by atoms with Crippen LogP contribution in [0.5, 0.6) is 5.75 Å². The van der Waals surface area contributed by atoms with Crippen LogP contribution >= 0.6 is 0 Å². The highest BCUT2D eigenvalue weighted by atomic mass is 16.5. The van der Waals surface area contributed by atoms with E-state index in [2.05, 4.69) is 33.3 Å². The van der Waals surface area contributed by atoms with Crippen LogP contribution in [0.4, 0.5) is 23.0 Å². The molecule has 8 heteroatoms. The summed E-state index contributed by atoms with van der Waals surface area (Å²) in [5.74, 6) is 1.10. The Morgan fingerprint density at radius 2 is 1.76 bits per heavy atom. The first-order valence-corrected chi connectivity index (χ1v) is 12.7. The molecule has 202 valence electrons. The Kier molecular flexibility index (Phi) is 13.0. The number of nitrogens with zero attached hydrogens (tertiary/aromatic N) is 5. The number of hydrogen-bond donors (Lipinski definition) is 2. The summed E-state index contributed by atoms with van der Waals surface area (Å²) in [5.41, 5.74) is 12.3. The second kappa shape index (κ2) is 15.4. The highest BCUT2D eigenvalue weighted by molar-refractivity contribution is 5.81. The van der Waals surface area contributed by atoms with Crippen molar-refractivity contribution < 1.29 is 4.74 Å². The van der Waals surface area contributed by atoms with Crippen molar-refractivity contribution in [2.45, 2.75) is 27.7 Å². The summed E-state index contributed by atoms with van der Waals surface area (Å²) in [7, 11) is 9.71. The predicted octanol–water partition coefficient (Wildman–Crippen LogP) is 6.15. The topological polar surface area (TPSA) is 84.5 Å². The molecule has 0 saturated heterocycles. The number of anilines is 4. The van der Waals surface area contributed by atoms with Gasteiger partial charge in [-0.15, -0.1) is 0 Å². The largest absolute Gasteiger partial charge is 0.494 e. The molecule has 0 fully saturated rings. The zero-order valence-corrected chi connectivity index (χ0v) is 24.1. The van der Waals surface area contributed by atoms with E-state index in [1.165, 1.54) is 0 Å². The van der Waals surface area contributed by atoms with E-state index in [4.69, 9.17) is 15.5 Å². The number of ether oxygens (including phenoxy) is 1. The lowest BCUT2D eigenvalue weighted by Gasteiger charge is -2.24. The summed E-state index contributed by atoms with van der Waals surface area (Å²) < 4.78 is 7.64. The Hall–Kier alpha value is -3.78. The number of nitrogens with two attached hydrogens (primary N) is 1. The van der Waals surface area contributed by atoms with Crippen molar-refractivity contribution in [3.63, 3.8) is 0 Å². The lowest BCUT2D eigenvalue weighted by atomic mass is 10.1. The van der Waals surface area contributed by atoms with Gasteiger partial charge in [-0.3, -0.25) is 0 Å². The molecule has 0 aliphatic carbocycles. The van der Waals surface area contributed by atoms with Crippen LogP contribution in [0.3, 0.4) is 0 Å². The third kappa shape index (κ3) is 7.85. The first-order valence-electron chi connectivity index (χ1n) is 12.7. The van der Waals surface area contributed by atoms with Crippen LogP contribution in [0.15, 0.2) is 43.8 Å². The van der Waals surface area contributed by atoms with Crippen LogP contribution in [0.2, 0.25) is 0 Å². The molecule has 2 aromatic heterocycles. The minimum atomic E-state index is 0.443. The first kappa shape index (κ1) is 31.3. The van der Waals surface area contributed by atoms with Crippen molar-refractivity contribution in [1.29, 1.82) is 0 Å². The van der Waals surface area contributed by atoms with E-state index < -0.39 is 0 Å². The van der Waals surface area contributed by atoms with E-state index in [-0.39, 0.29) is 0 Å². The maximum absolute atomic E-state index is 6.38. The van der Waals surface area contributed by atoms with Gasteiger partial charge in [-0.25, -0.2) is 9.97 Å². The van der Waals surface area contributed by atoms with Crippen molar-refractivity contribution in [1.82, 2.24) is 19.4 Å². The maximum Gasteiger partial charge on any atom is 0.227 e. The predicted molar refractivity (Wildman–Crippen MR) is 162 cm³/mol. The molecule has 0 unspecified atom stereocenters. The van der Waals surface area contributed by atoms with Gasteiger partial charge in [0.2, 0.25) is 5.95 Å². The molecule has 0 aliphatic rings. The minimum Gasteiger partial charge on any atom is -0.494 e. The summed E-state index contributed by atoms with van der Waals surface area (Å²) in [6, 6.07) is 5.65. The lowest BCUT2D eigenvalue weighted by molar-refractivity contribution is 0.413. The molecule has 1 aromatic carbocycles. The molecule has 3 rings (SSSR count). The molecule has 37 heavy (non-hydrogen) atoms. The number of aryl methyl sites for hydroxylation is 1. The molecule has 0 saturated carbocycles. The number of likely N-dealkylation sites (N-methyl/N-ethyl adjacent to an activating group) is 2. The fourth-order valence-corrected chi connectivity index (χ4v) is 3.68. The number of hydrogen-bond acceptors (Lipinski definition) is 7. The third-order valence-electron chi connectivity index (χ3n) is 5.49. The van der Waals surface area contributed by atoms with Gasteiger partial charge in [0, 0.05) is 62.5 Å². The smallest absolute Gasteiger partial charge is 0.227 e. The first-order chi connectivity index (χ1) is 17.8. The monoisotopic (exact) mass is 507 g/mol. The minimum absolute atomic E-state index is 0.443. The van der Waals surface area contributed by atoms with Gasteiger partial charge in [0.1, 0.15) is 5.75 Å². The van der Waals surface area contributed by atoms with Crippen molar-refractivity contribution in [2.75, 3.05) is 57.3 Å². The van der Waals surface area contributed by atoms with Crippen molar-refractivity contribution in [3.05, 3.63) is 55.0 Å². The molecule has 0 bridgehead atoms. The normalized spacial score (nSPS) is 10.0. The average Bonchev–Trinajstić information content (AvgIpc) is 3.25. The van der Waals surface area contributed by atoms with Crippen LogP contribution in [0.1, 0.15) is 39.0 Å². The molecule has 0 amide bonds. The Morgan fingerprint density at radius 3 is 2.32 bits per heavy atom. The van der Waals surface area contributed by atoms with Crippen LogP contribution in [-0.4, -0.2) is 60.8 Å². The van der Waals surface area contributed by atoms with Gasteiger partial charge >= 0.3 is 0 Å². The Morgan fingerprint density at radius 1 is 1.08 bits per heavy atom. The molecule has 0 atom stereocenters. The highest BCUT2D eigenvalue weighted by Gasteiger charge is 2.16. The average molecular weight is 508 g/mol. The van der Waals surface area contributed by atoms with Gasteiger partial charge in [0.15, 0.2) is 0 Å². The quantitative estimate of drug-likeness (QED) is 0.318. The number of methoxy groups -OCH3 is 1. The summed E-state index contributed by atoms with van der Waals surface area (Å²) in [5, 5.41) is 3.26. The number of aromatic nitrogens is 3. The molecular formula is C29H45N7O. The van der Waals surface area contributed by atoms with Gasteiger partial charge in [-0.05, 0) is 32.3 Å². The van der Waals surface area contributed by atoms with Gasteiger partial charge in [-0.1, -0.05) is 46.9 Å². The second-order valence-corrected chi connectivity index (χ2v) is 8.09. The second-order valence-electron chi connectivity index (χ2n) is 8.09. The zero-order valence-electron chi connectivity index (χ0n) is 24.1. The summed E-state index contributed by atoms with van der Waals surface area (Å²) >= 11 is 0.